The fourth-order valence-corrected chi connectivity index (χ4v) is 4.12. The lowest BCUT2D eigenvalue weighted by atomic mass is 10.1. The maximum atomic E-state index is 12.8. The molecule has 1 aromatic heterocycles. The van der Waals surface area contributed by atoms with Crippen LogP contribution in [0.15, 0.2) is 85.5 Å². The third-order valence-electron chi connectivity index (χ3n) is 5.86. The molecule has 1 heterocycles. The fraction of sp³-hybridized carbons (Fsp3) is 0.241. The molecule has 0 unspecified atom stereocenters. The van der Waals surface area contributed by atoms with Crippen LogP contribution in [0, 0.1) is 0 Å². The molecule has 0 atom stereocenters. The fourth-order valence-electron chi connectivity index (χ4n) is 4.12. The number of allylic oxidation sites excluding steroid dienone is 1. The van der Waals surface area contributed by atoms with Crippen molar-refractivity contribution >= 4 is 16.9 Å². The summed E-state index contributed by atoms with van der Waals surface area (Å²) >= 11 is 0. The smallest absolute Gasteiger partial charge is 0.255 e. The van der Waals surface area contributed by atoms with Crippen molar-refractivity contribution < 1.29 is 14.3 Å². The summed E-state index contributed by atoms with van der Waals surface area (Å²) in [6.45, 7) is 5.58. The van der Waals surface area contributed by atoms with Gasteiger partial charge >= 0.3 is 0 Å². The Labute approximate surface area is 206 Å². The predicted molar refractivity (Wildman–Crippen MR) is 139 cm³/mol. The Kier molecular flexibility index (Phi) is 8.17. The lowest BCUT2D eigenvalue weighted by molar-refractivity contribution is 0.0946. The van der Waals surface area contributed by atoms with Gasteiger partial charge in [-0.25, -0.2) is 4.98 Å². The SMILES string of the molecule is C=CCc1ccccc1OCCCCn1c(CNC(=O)c2ccccc2OC)nc2ccccc21. The predicted octanol–water partition coefficient (Wildman–Crippen LogP) is 5.56. The molecule has 1 N–H and O–H groups in total. The van der Waals surface area contributed by atoms with Crippen molar-refractivity contribution in [3.05, 3.63) is 102 Å². The number of unbranched alkanes of at least 4 members (excludes halogenated alkanes) is 1. The number of hydrogen-bond acceptors (Lipinski definition) is 4. The number of methoxy groups -OCH3 is 1. The molecule has 0 spiro atoms. The van der Waals surface area contributed by atoms with Crippen molar-refractivity contribution in [1.82, 2.24) is 14.9 Å². The summed E-state index contributed by atoms with van der Waals surface area (Å²) in [5.74, 6) is 2.10. The molecule has 6 nitrogen and oxygen atoms in total. The molecule has 6 heteroatoms. The Hall–Kier alpha value is -4.06. The summed E-state index contributed by atoms with van der Waals surface area (Å²) in [4.78, 5) is 17.6. The van der Waals surface area contributed by atoms with E-state index in [2.05, 4.69) is 28.6 Å². The highest BCUT2D eigenvalue weighted by Crippen LogP contribution is 2.21. The minimum Gasteiger partial charge on any atom is -0.496 e. The summed E-state index contributed by atoms with van der Waals surface area (Å²) in [5, 5.41) is 3.00. The Bertz CT molecular complexity index is 1300. The van der Waals surface area contributed by atoms with Gasteiger partial charge in [0.05, 0.1) is 36.9 Å². The van der Waals surface area contributed by atoms with Crippen molar-refractivity contribution in [3.8, 4) is 11.5 Å². The van der Waals surface area contributed by atoms with E-state index in [1.54, 1.807) is 19.2 Å². The summed E-state index contributed by atoms with van der Waals surface area (Å²) in [7, 11) is 1.56. The minimum atomic E-state index is -0.187. The molecule has 1 amide bonds. The summed E-state index contributed by atoms with van der Waals surface area (Å²) < 4.78 is 13.5. The lowest BCUT2D eigenvalue weighted by Crippen LogP contribution is -2.25. The number of fused-ring (bicyclic) bond motifs is 1. The molecule has 180 valence electrons. The third kappa shape index (κ3) is 5.90. The van der Waals surface area contributed by atoms with E-state index in [-0.39, 0.29) is 5.91 Å². The molecular formula is C29H31N3O3. The zero-order valence-corrected chi connectivity index (χ0v) is 20.1. The average Bonchev–Trinajstić information content (AvgIpc) is 3.25. The third-order valence-corrected chi connectivity index (χ3v) is 5.86. The highest BCUT2D eigenvalue weighted by Gasteiger charge is 2.15. The number of nitrogens with one attached hydrogen (secondary N) is 1. The standard InChI is InChI=1S/C29H31N3O3/c1-3-12-22-13-4-8-17-26(22)35-20-11-10-19-32-25-16-7-6-15-24(25)31-28(32)21-30-29(33)23-14-5-9-18-27(23)34-2/h3-9,13-18H,1,10-12,19-21H2,2H3,(H,30,33). The number of carbonyl (C=O) groups excluding carboxylic acids is 1. The van der Waals surface area contributed by atoms with Gasteiger partial charge in [0.1, 0.15) is 17.3 Å². The van der Waals surface area contributed by atoms with Gasteiger partial charge in [-0.05, 0) is 55.2 Å². The largest absolute Gasteiger partial charge is 0.496 e. The minimum absolute atomic E-state index is 0.187. The number of carbonyl (C=O) groups is 1. The zero-order chi connectivity index (χ0) is 24.5. The van der Waals surface area contributed by atoms with Crippen LogP contribution in [0.2, 0.25) is 0 Å². The molecule has 3 aromatic carbocycles. The molecule has 35 heavy (non-hydrogen) atoms. The van der Waals surface area contributed by atoms with Crippen LogP contribution < -0.4 is 14.8 Å². The molecule has 4 aromatic rings. The highest BCUT2D eigenvalue weighted by molar-refractivity contribution is 5.96. The number of aryl methyl sites for hydroxylation is 1. The number of para-hydroxylation sites is 4. The van der Waals surface area contributed by atoms with E-state index in [0.29, 0.717) is 24.5 Å². The van der Waals surface area contributed by atoms with E-state index >= 15 is 0 Å². The monoisotopic (exact) mass is 469 g/mol. The van der Waals surface area contributed by atoms with Crippen molar-refractivity contribution in [2.75, 3.05) is 13.7 Å². The molecule has 0 saturated carbocycles. The van der Waals surface area contributed by atoms with Crippen LogP contribution in [0.5, 0.6) is 11.5 Å². The van der Waals surface area contributed by atoms with Gasteiger partial charge in [0, 0.05) is 6.54 Å². The van der Waals surface area contributed by atoms with Crippen LogP contribution in [0.3, 0.4) is 0 Å². The molecular weight excluding hydrogens is 438 g/mol. The average molecular weight is 470 g/mol. The molecule has 0 radical (unpaired) electrons. The Morgan fingerprint density at radius 1 is 1.00 bits per heavy atom. The number of imidazole rings is 1. The second-order valence-corrected chi connectivity index (χ2v) is 8.21. The van der Waals surface area contributed by atoms with E-state index in [4.69, 9.17) is 14.5 Å². The van der Waals surface area contributed by atoms with Gasteiger partial charge in [-0.1, -0.05) is 48.5 Å². The second kappa shape index (κ2) is 11.9. The number of aromatic nitrogens is 2. The first-order valence-electron chi connectivity index (χ1n) is 11.9. The number of hydrogen-bond donors (Lipinski definition) is 1. The van der Waals surface area contributed by atoms with E-state index in [1.165, 1.54) is 0 Å². The second-order valence-electron chi connectivity index (χ2n) is 8.21. The quantitative estimate of drug-likeness (QED) is 0.218. The van der Waals surface area contributed by atoms with Gasteiger partial charge in [0.2, 0.25) is 0 Å². The summed E-state index contributed by atoms with van der Waals surface area (Å²) in [6.07, 6.45) is 4.51. The first-order chi connectivity index (χ1) is 17.2. The molecule has 4 rings (SSSR count). The van der Waals surface area contributed by atoms with E-state index in [9.17, 15) is 4.79 Å². The van der Waals surface area contributed by atoms with Crippen molar-refractivity contribution in [2.24, 2.45) is 0 Å². The van der Waals surface area contributed by atoms with Crippen LogP contribution in [-0.4, -0.2) is 29.2 Å². The zero-order valence-electron chi connectivity index (χ0n) is 20.1. The Morgan fingerprint density at radius 3 is 2.57 bits per heavy atom. The summed E-state index contributed by atoms with van der Waals surface area (Å²) in [5.41, 5.74) is 3.64. The molecule has 0 aliphatic heterocycles. The Balaban J connectivity index is 1.39. The van der Waals surface area contributed by atoms with E-state index < -0.39 is 0 Å². The van der Waals surface area contributed by atoms with Crippen molar-refractivity contribution in [1.29, 1.82) is 0 Å². The maximum Gasteiger partial charge on any atom is 0.255 e. The molecule has 0 aliphatic rings. The lowest BCUT2D eigenvalue weighted by Gasteiger charge is -2.13. The summed E-state index contributed by atoms with van der Waals surface area (Å²) in [6, 6.07) is 23.3. The number of amides is 1. The number of nitrogens with zero attached hydrogens (tertiary/aromatic N) is 2. The van der Waals surface area contributed by atoms with Crippen LogP contribution in [-0.2, 0) is 19.5 Å². The molecule has 0 aliphatic carbocycles. The van der Waals surface area contributed by atoms with E-state index in [0.717, 1.165) is 54.0 Å². The van der Waals surface area contributed by atoms with Gasteiger partial charge in [0.15, 0.2) is 0 Å². The van der Waals surface area contributed by atoms with Crippen LogP contribution in [0.1, 0.15) is 34.6 Å². The topological polar surface area (TPSA) is 65.4 Å². The van der Waals surface area contributed by atoms with Gasteiger partial charge < -0.3 is 19.4 Å². The van der Waals surface area contributed by atoms with Gasteiger partial charge in [-0.3, -0.25) is 4.79 Å². The van der Waals surface area contributed by atoms with Crippen LogP contribution in [0.25, 0.3) is 11.0 Å². The highest BCUT2D eigenvalue weighted by atomic mass is 16.5. The molecule has 0 fully saturated rings. The van der Waals surface area contributed by atoms with E-state index in [1.807, 2.05) is 54.6 Å². The van der Waals surface area contributed by atoms with Crippen molar-refractivity contribution in [3.63, 3.8) is 0 Å². The Morgan fingerprint density at radius 2 is 1.74 bits per heavy atom. The van der Waals surface area contributed by atoms with Crippen LogP contribution >= 0.6 is 0 Å². The first kappa shape index (κ1) is 24.1. The first-order valence-corrected chi connectivity index (χ1v) is 11.9. The van der Waals surface area contributed by atoms with Gasteiger partial charge in [0.25, 0.3) is 5.91 Å². The van der Waals surface area contributed by atoms with Crippen molar-refractivity contribution in [2.45, 2.75) is 32.4 Å². The number of rotatable bonds is 12. The van der Waals surface area contributed by atoms with Gasteiger partial charge in [-0.15, -0.1) is 6.58 Å². The van der Waals surface area contributed by atoms with Gasteiger partial charge in [-0.2, -0.15) is 0 Å². The van der Waals surface area contributed by atoms with Crippen LogP contribution in [0.4, 0.5) is 0 Å². The maximum absolute atomic E-state index is 12.8. The number of ether oxygens (including phenoxy) is 2. The molecule has 0 bridgehead atoms. The number of benzene rings is 3. The normalized spacial score (nSPS) is 10.8. The molecule has 0 saturated heterocycles.